The lowest BCUT2D eigenvalue weighted by Crippen LogP contribution is -2.60. The molecule has 5 N–H and O–H groups in total. The van der Waals surface area contributed by atoms with Crippen molar-refractivity contribution in [3.63, 3.8) is 0 Å². The molecule has 0 radical (unpaired) electrons. The zero-order chi connectivity index (χ0) is 21.1. The summed E-state index contributed by atoms with van der Waals surface area (Å²) >= 11 is 0. The lowest BCUT2D eigenvalue weighted by atomic mass is 9.99. The van der Waals surface area contributed by atoms with Crippen molar-refractivity contribution in [1.82, 2.24) is 0 Å². The summed E-state index contributed by atoms with van der Waals surface area (Å²) in [5.41, 5.74) is 1.10. The van der Waals surface area contributed by atoms with Crippen LogP contribution in [-0.2, 0) is 11.2 Å². The molecule has 1 aromatic heterocycles. The van der Waals surface area contributed by atoms with Gasteiger partial charge >= 0.3 is 5.63 Å². The van der Waals surface area contributed by atoms with E-state index in [1.54, 1.807) is 25.1 Å². The van der Waals surface area contributed by atoms with E-state index in [4.69, 9.17) is 13.9 Å². The van der Waals surface area contributed by atoms with Crippen molar-refractivity contribution in [2.24, 2.45) is 0 Å². The first-order valence-corrected chi connectivity index (χ1v) is 9.14. The molecule has 5 atom stereocenters. The number of aliphatic hydroxyl groups excluding tert-OH is 5. The molecule has 1 aliphatic rings. The maximum atomic E-state index is 11.5. The highest BCUT2D eigenvalue weighted by molar-refractivity contribution is 5.79. The van der Waals surface area contributed by atoms with Crippen LogP contribution in [0.5, 0.6) is 5.75 Å². The second-order valence-corrected chi connectivity index (χ2v) is 6.98. The fourth-order valence-corrected chi connectivity index (χ4v) is 3.05. The summed E-state index contributed by atoms with van der Waals surface area (Å²) in [4.78, 5) is 11.5. The predicted octanol–water partition coefficient (Wildman–Crippen LogP) is -0.547. The van der Waals surface area contributed by atoms with Crippen molar-refractivity contribution < 1.29 is 39.4 Å². The van der Waals surface area contributed by atoms with Gasteiger partial charge in [0.1, 0.15) is 35.7 Å². The van der Waals surface area contributed by atoms with Gasteiger partial charge in [-0.2, -0.15) is 0 Å². The van der Waals surface area contributed by atoms with Gasteiger partial charge in [-0.3, -0.25) is 0 Å². The van der Waals surface area contributed by atoms with Crippen molar-refractivity contribution in [3.05, 3.63) is 51.9 Å². The van der Waals surface area contributed by atoms with Crippen LogP contribution in [0, 0.1) is 0 Å². The summed E-state index contributed by atoms with van der Waals surface area (Å²) in [7, 11) is 0. The number of allylic oxidation sites excluding steroid dienone is 1. The lowest BCUT2D eigenvalue weighted by molar-refractivity contribution is -0.277. The SMILES string of the molecule is C/C(=C\Cc1cc2ccc(=O)oc2cc1O[C@@H]1O[C@H](CO)[C@@H](O)[C@H](O)[C@H]1O)CO. The average Bonchev–Trinajstić information content (AvgIpc) is 2.72. The summed E-state index contributed by atoms with van der Waals surface area (Å²) in [5, 5.41) is 49.3. The summed E-state index contributed by atoms with van der Waals surface area (Å²) in [5.74, 6) is 0.221. The molecule has 0 amide bonds. The van der Waals surface area contributed by atoms with Gasteiger partial charge in [0.25, 0.3) is 0 Å². The van der Waals surface area contributed by atoms with Gasteiger partial charge in [0, 0.05) is 17.5 Å². The average molecular weight is 408 g/mol. The van der Waals surface area contributed by atoms with Gasteiger partial charge in [0.2, 0.25) is 6.29 Å². The largest absolute Gasteiger partial charge is 0.462 e. The third-order valence-electron chi connectivity index (χ3n) is 4.81. The molecule has 0 unspecified atom stereocenters. The van der Waals surface area contributed by atoms with Crippen LogP contribution in [0.1, 0.15) is 12.5 Å². The Morgan fingerprint density at radius 3 is 2.59 bits per heavy atom. The topological polar surface area (TPSA) is 150 Å². The first-order chi connectivity index (χ1) is 13.8. The van der Waals surface area contributed by atoms with E-state index in [1.807, 2.05) is 0 Å². The van der Waals surface area contributed by atoms with Crippen LogP contribution < -0.4 is 10.4 Å². The minimum absolute atomic E-state index is 0.106. The molecule has 2 heterocycles. The van der Waals surface area contributed by atoms with Gasteiger partial charge in [-0.25, -0.2) is 4.79 Å². The first kappa shape index (κ1) is 21.4. The predicted molar refractivity (Wildman–Crippen MR) is 101 cm³/mol. The zero-order valence-corrected chi connectivity index (χ0v) is 15.8. The van der Waals surface area contributed by atoms with E-state index in [0.29, 0.717) is 17.4 Å². The van der Waals surface area contributed by atoms with Gasteiger partial charge in [0.15, 0.2) is 0 Å². The van der Waals surface area contributed by atoms with E-state index in [2.05, 4.69) is 0 Å². The van der Waals surface area contributed by atoms with E-state index in [0.717, 1.165) is 5.57 Å². The van der Waals surface area contributed by atoms with E-state index >= 15 is 0 Å². The molecule has 29 heavy (non-hydrogen) atoms. The van der Waals surface area contributed by atoms with Crippen molar-refractivity contribution in [3.8, 4) is 5.75 Å². The minimum atomic E-state index is -1.58. The van der Waals surface area contributed by atoms with Crippen LogP contribution in [0.2, 0.25) is 0 Å². The molecule has 9 heteroatoms. The Morgan fingerprint density at radius 2 is 1.90 bits per heavy atom. The van der Waals surface area contributed by atoms with Crippen molar-refractivity contribution in [2.45, 2.75) is 44.1 Å². The summed E-state index contributed by atoms with van der Waals surface area (Å²) in [6.45, 7) is 1.08. The maximum absolute atomic E-state index is 11.5. The second-order valence-electron chi connectivity index (χ2n) is 6.98. The summed E-state index contributed by atoms with van der Waals surface area (Å²) < 4.78 is 16.3. The Balaban J connectivity index is 1.98. The van der Waals surface area contributed by atoms with E-state index in [-0.39, 0.29) is 17.9 Å². The van der Waals surface area contributed by atoms with Gasteiger partial charge in [0.05, 0.1) is 13.2 Å². The van der Waals surface area contributed by atoms with Gasteiger partial charge in [-0.15, -0.1) is 0 Å². The zero-order valence-electron chi connectivity index (χ0n) is 15.8. The summed E-state index contributed by atoms with van der Waals surface area (Å²) in [6, 6.07) is 6.10. The van der Waals surface area contributed by atoms with Crippen LogP contribution in [0.3, 0.4) is 0 Å². The monoisotopic (exact) mass is 408 g/mol. The van der Waals surface area contributed by atoms with E-state index < -0.39 is 42.9 Å². The molecule has 9 nitrogen and oxygen atoms in total. The van der Waals surface area contributed by atoms with Gasteiger partial charge < -0.3 is 39.4 Å². The quantitative estimate of drug-likeness (QED) is 0.313. The third-order valence-corrected chi connectivity index (χ3v) is 4.81. The molecule has 1 aromatic carbocycles. The maximum Gasteiger partial charge on any atom is 0.336 e. The number of benzene rings is 1. The molecule has 1 fully saturated rings. The highest BCUT2D eigenvalue weighted by atomic mass is 16.7. The molecular formula is C20H24O9. The van der Waals surface area contributed by atoms with Crippen LogP contribution in [0.25, 0.3) is 11.0 Å². The fraction of sp³-hybridized carbons (Fsp3) is 0.450. The highest BCUT2D eigenvalue weighted by Crippen LogP contribution is 2.30. The van der Waals surface area contributed by atoms with Crippen LogP contribution >= 0.6 is 0 Å². The van der Waals surface area contributed by atoms with Crippen molar-refractivity contribution in [2.75, 3.05) is 13.2 Å². The number of aliphatic hydroxyl groups is 5. The molecule has 2 aromatic rings. The van der Waals surface area contributed by atoms with E-state index in [9.17, 15) is 30.3 Å². The van der Waals surface area contributed by atoms with Crippen molar-refractivity contribution >= 4 is 11.0 Å². The molecule has 0 aliphatic carbocycles. The first-order valence-electron chi connectivity index (χ1n) is 9.14. The van der Waals surface area contributed by atoms with E-state index in [1.165, 1.54) is 12.1 Å². The van der Waals surface area contributed by atoms with Crippen LogP contribution in [0.15, 0.2) is 45.1 Å². The van der Waals surface area contributed by atoms with Crippen LogP contribution in [-0.4, -0.2) is 69.5 Å². The Labute approximate surface area is 166 Å². The van der Waals surface area contributed by atoms with Crippen molar-refractivity contribution in [1.29, 1.82) is 0 Å². The smallest absolute Gasteiger partial charge is 0.336 e. The molecular weight excluding hydrogens is 384 g/mol. The number of hydrogen-bond donors (Lipinski definition) is 5. The number of hydrogen-bond acceptors (Lipinski definition) is 9. The number of rotatable bonds is 6. The van der Waals surface area contributed by atoms with Crippen LogP contribution in [0.4, 0.5) is 0 Å². The fourth-order valence-electron chi connectivity index (χ4n) is 3.05. The Morgan fingerprint density at radius 1 is 1.14 bits per heavy atom. The molecule has 0 bridgehead atoms. The van der Waals surface area contributed by atoms with Gasteiger partial charge in [-0.1, -0.05) is 11.6 Å². The molecule has 1 aliphatic heterocycles. The Hall–Kier alpha value is -2.27. The third kappa shape index (κ3) is 4.67. The number of ether oxygens (including phenoxy) is 2. The second kappa shape index (κ2) is 9.04. The summed E-state index contributed by atoms with van der Waals surface area (Å²) in [6.07, 6.45) is -4.98. The Kier molecular flexibility index (Phi) is 6.68. The Bertz CT molecular complexity index is 933. The highest BCUT2D eigenvalue weighted by Gasteiger charge is 2.44. The molecule has 3 rings (SSSR count). The molecule has 158 valence electrons. The minimum Gasteiger partial charge on any atom is -0.462 e. The molecule has 0 saturated carbocycles. The lowest BCUT2D eigenvalue weighted by Gasteiger charge is -2.39. The molecule has 0 spiro atoms. The van der Waals surface area contributed by atoms with Gasteiger partial charge in [-0.05, 0) is 31.0 Å². The molecule has 1 saturated heterocycles. The standard InChI is InChI=1S/C20H24O9/c1-10(8-21)2-3-11-6-12-4-5-16(23)27-13(12)7-14(11)28-20-19(26)18(25)17(24)15(9-22)29-20/h2,4-7,15,17-22,24-26H,3,8-9H2,1H3/b10-2+/t15-,17-,18+,19-,20-/m1/s1. The number of fused-ring (bicyclic) bond motifs is 1. The normalized spacial score (nSPS) is 27.9.